The van der Waals surface area contributed by atoms with Crippen LogP contribution in [0.5, 0.6) is 0 Å². The van der Waals surface area contributed by atoms with E-state index in [0.717, 1.165) is 0 Å². The van der Waals surface area contributed by atoms with Gasteiger partial charge >= 0.3 is 0 Å². The highest BCUT2D eigenvalue weighted by Crippen LogP contribution is 2.25. The fourth-order valence-corrected chi connectivity index (χ4v) is 2.01. The summed E-state index contributed by atoms with van der Waals surface area (Å²) in [5.74, 6) is -0.627. The van der Waals surface area contributed by atoms with Crippen molar-refractivity contribution in [3.8, 4) is 0 Å². The molecule has 0 spiro atoms. The van der Waals surface area contributed by atoms with Gasteiger partial charge in [0.05, 0.1) is 10.7 Å². The molecule has 2 amide bonds. The summed E-state index contributed by atoms with van der Waals surface area (Å²) >= 11 is 11.8. The number of pyridine rings is 1. The minimum Gasteiger partial charge on any atom is -0.325 e. The molecule has 1 aromatic carbocycles. The van der Waals surface area contributed by atoms with Crippen LogP contribution in [0.3, 0.4) is 0 Å². The Hall–Kier alpha value is -2.11. The monoisotopic (exact) mass is 323 g/mol. The van der Waals surface area contributed by atoms with Gasteiger partial charge in [0.15, 0.2) is 0 Å². The van der Waals surface area contributed by atoms with E-state index in [0.29, 0.717) is 16.4 Å². The van der Waals surface area contributed by atoms with Crippen molar-refractivity contribution in [2.45, 2.75) is 6.92 Å². The average molecular weight is 324 g/mol. The van der Waals surface area contributed by atoms with Gasteiger partial charge in [-0.05, 0) is 30.3 Å². The van der Waals surface area contributed by atoms with Crippen molar-refractivity contribution in [3.05, 3.63) is 52.3 Å². The number of hydrogen-bond acceptors (Lipinski definition) is 3. The lowest BCUT2D eigenvalue weighted by Crippen LogP contribution is -2.14. The molecule has 7 heteroatoms. The second kappa shape index (κ2) is 6.56. The molecule has 2 aromatic rings. The first-order chi connectivity index (χ1) is 9.95. The van der Waals surface area contributed by atoms with Crippen LogP contribution in [0.2, 0.25) is 10.2 Å². The average Bonchev–Trinajstić information content (AvgIpc) is 2.41. The molecule has 0 saturated heterocycles. The minimum atomic E-state index is -0.402. The highest BCUT2D eigenvalue weighted by atomic mass is 35.5. The largest absolute Gasteiger partial charge is 0.325 e. The Balaban J connectivity index is 2.15. The Morgan fingerprint density at radius 2 is 1.86 bits per heavy atom. The maximum Gasteiger partial charge on any atom is 0.274 e. The van der Waals surface area contributed by atoms with E-state index in [4.69, 9.17) is 23.2 Å². The molecule has 0 aliphatic heterocycles. The van der Waals surface area contributed by atoms with Crippen LogP contribution < -0.4 is 10.6 Å². The first kappa shape index (κ1) is 15.3. The van der Waals surface area contributed by atoms with Gasteiger partial charge in [-0.1, -0.05) is 29.3 Å². The van der Waals surface area contributed by atoms with E-state index in [2.05, 4.69) is 15.6 Å². The topological polar surface area (TPSA) is 71.1 Å². The highest BCUT2D eigenvalue weighted by molar-refractivity contribution is 6.34. The third-order valence-electron chi connectivity index (χ3n) is 2.49. The van der Waals surface area contributed by atoms with Gasteiger partial charge in [0, 0.05) is 12.6 Å². The lowest BCUT2D eigenvalue weighted by molar-refractivity contribution is -0.114. The molecular formula is C14H11Cl2N3O2. The van der Waals surface area contributed by atoms with E-state index in [1.807, 2.05) is 0 Å². The van der Waals surface area contributed by atoms with Crippen LogP contribution in [0.15, 0.2) is 36.4 Å². The zero-order valence-electron chi connectivity index (χ0n) is 11.0. The van der Waals surface area contributed by atoms with E-state index < -0.39 is 5.91 Å². The number of amides is 2. The smallest absolute Gasteiger partial charge is 0.274 e. The van der Waals surface area contributed by atoms with Crippen molar-refractivity contribution in [2.24, 2.45) is 0 Å². The number of benzene rings is 1. The van der Waals surface area contributed by atoms with Crippen molar-refractivity contribution in [1.82, 2.24) is 4.98 Å². The Bertz CT molecular complexity index is 704. The molecule has 0 aliphatic rings. The fourth-order valence-electron chi connectivity index (χ4n) is 1.61. The second-order valence-electron chi connectivity index (χ2n) is 4.18. The molecule has 108 valence electrons. The predicted molar refractivity (Wildman–Crippen MR) is 83.0 cm³/mol. The summed E-state index contributed by atoms with van der Waals surface area (Å²) in [6.07, 6.45) is 0. The number of hydrogen-bond donors (Lipinski definition) is 2. The van der Waals surface area contributed by atoms with Crippen LogP contribution in [0, 0.1) is 0 Å². The van der Waals surface area contributed by atoms with Gasteiger partial charge in [-0.2, -0.15) is 0 Å². The van der Waals surface area contributed by atoms with Crippen LogP contribution in [0.1, 0.15) is 17.4 Å². The fraction of sp³-hybridized carbons (Fsp3) is 0.0714. The summed E-state index contributed by atoms with van der Waals surface area (Å²) < 4.78 is 0. The van der Waals surface area contributed by atoms with Crippen molar-refractivity contribution >= 4 is 46.4 Å². The van der Waals surface area contributed by atoms with Gasteiger partial charge in [-0.3, -0.25) is 9.59 Å². The van der Waals surface area contributed by atoms with Crippen molar-refractivity contribution in [3.63, 3.8) is 0 Å². The quantitative estimate of drug-likeness (QED) is 0.848. The summed E-state index contributed by atoms with van der Waals surface area (Å²) in [7, 11) is 0. The van der Waals surface area contributed by atoms with Gasteiger partial charge in [0.1, 0.15) is 10.8 Å². The molecule has 5 nitrogen and oxygen atoms in total. The Labute approximate surface area is 131 Å². The number of nitrogens with zero attached hydrogens (tertiary/aromatic N) is 1. The Morgan fingerprint density at radius 1 is 1.10 bits per heavy atom. The number of carbonyl (C=O) groups excluding carboxylic acids is 2. The molecule has 0 bridgehead atoms. The highest BCUT2D eigenvalue weighted by Gasteiger charge is 2.10. The number of halogens is 2. The zero-order chi connectivity index (χ0) is 15.4. The molecule has 2 rings (SSSR count). The van der Waals surface area contributed by atoms with E-state index in [-0.39, 0.29) is 16.8 Å². The molecule has 1 heterocycles. The Morgan fingerprint density at radius 3 is 2.48 bits per heavy atom. The van der Waals surface area contributed by atoms with E-state index in [1.54, 1.807) is 30.3 Å². The number of anilines is 2. The summed E-state index contributed by atoms with van der Waals surface area (Å²) in [6.45, 7) is 1.39. The molecule has 0 atom stereocenters. The molecule has 2 N–H and O–H groups in total. The van der Waals surface area contributed by atoms with Crippen LogP contribution in [-0.4, -0.2) is 16.8 Å². The van der Waals surface area contributed by atoms with Crippen molar-refractivity contribution in [1.29, 1.82) is 0 Å². The normalized spacial score (nSPS) is 10.0. The number of aromatic nitrogens is 1. The standard InChI is InChI=1S/C14H11Cl2N3O2/c1-8(20)17-11-6-5-9(7-10(11)15)18-14(21)12-3-2-4-13(16)19-12/h2-7H,1H3,(H,17,20)(H,18,21). The molecule has 0 aliphatic carbocycles. The first-order valence-corrected chi connectivity index (χ1v) is 6.72. The van der Waals surface area contributed by atoms with Gasteiger partial charge in [-0.25, -0.2) is 4.98 Å². The summed E-state index contributed by atoms with van der Waals surface area (Å²) in [5, 5.41) is 5.79. The number of rotatable bonds is 3. The number of nitrogens with one attached hydrogen (secondary N) is 2. The SMILES string of the molecule is CC(=O)Nc1ccc(NC(=O)c2cccc(Cl)n2)cc1Cl. The van der Waals surface area contributed by atoms with E-state index >= 15 is 0 Å². The van der Waals surface area contributed by atoms with E-state index in [1.165, 1.54) is 13.0 Å². The van der Waals surface area contributed by atoms with Crippen molar-refractivity contribution in [2.75, 3.05) is 10.6 Å². The molecule has 0 radical (unpaired) electrons. The Kier molecular flexibility index (Phi) is 4.77. The second-order valence-corrected chi connectivity index (χ2v) is 4.97. The number of carbonyl (C=O) groups is 2. The lowest BCUT2D eigenvalue weighted by atomic mass is 10.2. The van der Waals surface area contributed by atoms with Crippen LogP contribution >= 0.6 is 23.2 Å². The van der Waals surface area contributed by atoms with E-state index in [9.17, 15) is 9.59 Å². The lowest BCUT2D eigenvalue weighted by Gasteiger charge is -2.09. The van der Waals surface area contributed by atoms with Gasteiger partial charge in [-0.15, -0.1) is 0 Å². The predicted octanol–water partition coefficient (Wildman–Crippen LogP) is 3.60. The van der Waals surface area contributed by atoms with Crippen LogP contribution in [-0.2, 0) is 4.79 Å². The first-order valence-electron chi connectivity index (χ1n) is 5.97. The zero-order valence-corrected chi connectivity index (χ0v) is 12.5. The molecule has 21 heavy (non-hydrogen) atoms. The maximum absolute atomic E-state index is 12.0. The summed E-state index contributed by atoms with van der Waals surface area (Å²) in [4.78, 5) is 26.9. The van der Waals surface area contributed by atoms with Crippen LogP contribution in [0.25, 0.3) is 0 Å². The third kappa shape index (κ3) is 4.18. The molecule has 0 unspecified atom stereocenters. The van der Waals surface area contributed by atoms with Gasteiger partial charge in [0.2, 0.25) is 5.91 Å². The van der Waals surface area contributed by atoms with Gasteiger partial charge in [0.25, 0.3) is 5.91 Å². The van der Waals surface area contributed by atoms with Crippen LogP contribution in [0.4, 0.5) is 11.4 Å². The molecule has 0 fully saturated rings. The molecule has 1 aromatic heterocycles. The van der Waals surface area contributed by atoms with Crippen molar-refractivity contribution < 1.29 is 9.59 Å². The molecule has 0 saturated carbocycles. The summed E-state index contributed by atoms with van der Waals surface area (Å²) in [5.41, 5.74) is 1.16. The molecular weight excluding hydrogens is 313 g/mol. The summed E-state index contributed by atoms with van der Waals surface area (Å²) in [6, 6.07) is 9.53. The third-order valence-corrected chi connectivity index (χ3v) is 3.01. The van der Waals surface area contributed by atoms with Gasteiger partial charge < -0.3 is 10.6 Å². The maximum atomic E-state index is 12.0. The minimum absolute atomic E-state index is 0.199.